The van der Waals surface area contributed by atoms with Crippen LogP contribution in [0.4, 0.5) is 4.39 Å². The van der Waals surface area contributed by atoms with Crippen LogP contribution >= 0.6 is 11.8 Å². The molecule has 1 saturated carbocycles. The first-order valence-corrected chi connectivity index (χ1v) is 10.9. The molecular weight excluding hydrogens is 421 g/mol. The van der Waals surface area contributed by atoms with E-state index in [4.69, 9.17) is 4.74 Å². The molecule has 0 aliphatic heterocycles. The minimum absolute atomic E-state index is 0.0856. The van der Waals surface area contributed by atoms with Gasteiger partial charge in [0.25, 0.3) is 0 Å². The largest absolute Gasteiger partial charge is 0.491 e. The number of methoxy groups -OCH3 is 1. The summed E-state index contributed by atoms with van der Waals surface area (Å²) in [6, 6.07) is 13.3. The van der Waals surface area contributed by atoms with E-state index in [-0.39, 0.29) is 18.5 Å². The summed E-state index contributed by atoms with van der Waals surface area (Å²) >= 11 is 1.37. The van der Waals surface area contributed by atoms with Gasteiger partial charge in [0.2, 0.25) is 0 Å². The van der Waals surface area contributed by atoms with Gasteiger partial charge in [0.1, 0.15) is 18.2 Å². The predicted octanol–water partition coefficient (Wildman–Crippen LogP) is 3.74. The highest BCUT2D eigenvalue weighted by Gasteiger charge is 2.31. The van der Waals surface area contributed by atoms with Crippen LogP contribution in [0.15, 0.2) is 53.7 Å². The number of halogens is 1. The lowest BCUT2D eigenvalue weighted by Crippen LogP contribution is -2.20. The average Bonchev–Trinajstić information content (AvgIpc) is 3.55. The molecule has 31 heavy (non-hydrogen) atoms. The van der Waals surface area contributed by atoms with E-state index in [1.807, 2.05) is 4.57 Å². The number of carbonyl (C=O) groups is 1. The molecule has 4 rings (SSSR count). The standard InChI is InChI=1S/C22H22FN3O4S/c1-29-21(28)14-6-10-17(11-7-14)30-12-16(27)13-31-22-25-24-20(26(22)15-8-9-15)18-4-2-3-5-19(18)23/h2-7,10-11,15-16,27H,8-9,12-13H2,1H3/t16-/m1/s1. The van der Waals surface area contributed by atoms with Crippen molar-refractivity contribution in [1.29, 1.82) is 0 Å². The Balaban J connectivity index is 1.36. The maximum Gasteiger partial charge on any atom is 0.337 e. The average molecular weight is 444 g/mol. The third kappa shape index (κ3) is 5.05. The number of aromatic nitrogens is 3. The van der Waals surface area contributed by atoms with Crippen LogP contribution < -0.4 is 4.74 Å². The normalized spacial score (nSPS) is 14.3. The second-order valence-corrected chi connectivity index (χ2v) is 8.17. The van der Waals surface area contributed by atoms with E-state index in [0.717, 1.165) is 12.8 Å². The number of benzene rings is 2. The Morgan fingerprint density at radius 2 is 1.97 bits per heavy atom. The number of aliphatic hydroxyl groups excluding tert-OH is 1. The number of esters is 1. The zero-order valence-electron chi connectivity index (χ0n) is 16.9. The van der Waals surface area contributed by atoms with E-state index < -0.39 is 12.1 Å². The van der Waals surface area contributed by atoms with Crippen LogP contribution in [0.25, 0.3) is 11.4 Å². The minimum Gasteiger partial charge on any atom is -0.491 e. The van der Waals surface area contributed by atoms with E-state index in [2.05, 4.69) is 14.9 Å². The van der Waals surface area contributed by atoms with Crippen LogP contribution in [-0.2, 0) is 4.74 Å². The molecule has 1 N–H and O–H groups in total. The summed E-state index contributed by atoms with van der Waals surface area (Å²) in [4.78, 5) is 11.5. The molecule has 3 aromatic rings. The number of hydrogen-bond acceptors (Lipinski definition) is 7. The Bertz CT molecular complexity index is 1050. The molecule has 0 bridgehead atoms. The lowest BCUT2D eigenvalue weighted by Gasteiger charge is -2.13. The molecule has 0 unspecified atom stereocenters. The molecule has 7 nitrogen and oxygen atoms in total. The number of thioether (sulfide) groups is 1. The van der Waals surface area contributed by atoms with Crippen LogP contribution in [0.5, 0.6) is 5.75 Å². The summed E-state index contributed by atoms with van der Waals surface area (Å²) in [7, 11) is 1.32. The van der Waals surface area contributed by atoms with E-state index in [9.17, 15) is 14.3 Å². The molecule has 162 valence electrons. The Hall–Kier alpha value is -2.91. The number of nitrogens with zero attached hydrogens (tertiary/aromatic N) is 3. The highest BCUT2D eigenvalue weighted by molar-refractivity contribution is 7.99. The van der Waals surface area contributed by atoms with Crippen molar-refractivity contribution >= 4 is 17.7 Å². The molecule has 0 saturated heterocycles. The maximum atomic E-state index is 14.2. The van der Waals surface area contributed by atoms with Crippen molar-refractivity contribution in [2.24, 2.45) is 0 Å². The number of aliphatic hydroxyl groups is 1. The van der Waals surface area contributed by atoms with Crippen LogP contribution in [-0.4, -0.2) is 51.4 Å². The molecule has 1 aromatic heterocycles. The summed E-state index contributed by atoms with van der Waals surface area (Å²) in [5.41, 5.74) is 0.851. The van der Waals surface area contributed by atoms with Gasteiger partial charge in [-0.3, -0.25) is 4.57 Å². The summed E-state index contributed by atoms with van der Waals surface area (Å²) in [6.45, 7) is 0.0856. The van der Waals surface area contributed by atoms with Crippen molar-refractivity contribution in [1.82, 2.24) is 14.8 Å². The number of carbonyl (C=O) groups excluding carboxylic acids is 1. The first-order valence-electron chi connectivity index (χ1n) is 9.88. The first kappa shape index (κ1) is 21.3. The predicted molar refractivity (Wildman–Crippen MR) is 114 cm³/mol. The molecule has 1 heterocycles. The monoisotopic (exact) mass is 443 g/mol. The van der Waals surface area contributed by atoms with Gasteiger partial charge in [-0.25, -0.2) is 9.18 Å². The van der Waals surface area contributed by atoms with Crippen LogP contribution in [0.3, 0.4) is 0 Å². The van der Waals surface area contributed by atoms with Gasteiger partial charge in [0, 0.05) is 11.8 Å². The topological polar surface area (TPSA) is 86.5 Å². The van der Waals surface area contributed by atoms with Crippen molar-refractivity contribution < 1.29 is 23.8 Å². The summed E-state index contributed by atoms with van der Waals surface area (Å²) in [5.74, 6) is 0.652. The molecule has 2 aromatic carbocycles. The second-order valence-electron chi connectivity index (χ2n) is 7.18. The Morgan fingerprint density at radius 1 is 1.23 bits per heavy atom. The lowest BCUT2D eigenvalue weighted by molar-refractivity contribution is 0.0600. The SMILES string of the molecule is COC(=O)c1ccc(OC[C@@H](O)CSc2nnc(-c3ccccc3F)n2C2CC2)cc1. The zero-order valence-corrected chi connectivity index (χ0v) is 17.7. The Labute approximate surface area is 183 Å². The van der Waals surface area contributed by atoms with Crippen molar-refractivity contribution in [3.05, 3.63) is 59.9 Å². The summed E-state index contributed by atoms with van der Waals surface area (Å²) in [5, 5.41) is 19.4. The maximum absolute atomic E-state index is 14.2. The van der Waals surface area contributed by atoms with Crippen LogP contribution in [0, 0.1) is 5.82 Å². The van der Waals surface area contributed by atoms with Gasteiger partial charge in [-0.05, 0) is 49.2 Å². The van der Waals surface area contributed by atoms with Crippen molar-refractivity contribution in [3.63, 3.8) is 0 Å². The minimum atomic E-state index is -0.744. The fourth-order valence-electron chi connectivity index (χ4n) is 3.08. The lowest BCUT2D eigenvalue weighted by atomic mass is 10.2. The fraction of sp³-hybridized carbons (Fsp3) is 0.318. The van der Waals surface area contributed by atoms with Gasteiger partial charge in [-0.2, -0.15) is 0 Å². The molecular formula is C22H22FN3O4S. The quantitative estimate of drug-likeness (QED) is 0.398. The molecule has 0 amide bonds. The molecule has 0 spiro atoms. The van der Waals surface area contributed by atoms with Crippen LogP contribution in [0.2, 0.25) is 0 Å². The highest BCUT2D eigenvalue weighted by Crippen LogP contribution is 2.41. The molecule has 9 heteroatoms. The van der Waals surface area contributed by atoms with Crippen molar-refractivity contribution in [2.75, 3.05) is 19.5 Å². The Kier molecular flexibility index (Phi) is 6.53. The third-order valence-electron chi connectivity index (χ3n) is 4.81. The van der Waals surface area contributed by atoms with Crippen LogP contribution in [0.1, 0.15) is 29.2 Å². The zero-order chi connectivity index (χ0) is 21.8. The fourth-order valence-corrected chi connectivity index (χ4v) is 3.99. The smallest absolute Gasteiger partial charge is 0.337 e. The van der Waals surface area contributed by atoms with Gasteiger partial charge in [-0.1, -0.05) is 23.9 Å². The summed E-state index contributed by atoms with van der Waals surface area (Å²) < 4.78 is 26.5. The molecule has 1 aliphatic carbocycles. The van der Waals surface area contributed by atoms with Gasteiger partial charge >= 0.3 is 5.97 Å². The number of rotatable bonds is 9. The molecule has 0 radical (unpaired) electrons. The second kappa shape index (κ2) is 9.49. The Morgan fingerprint density at radius 3 is 2.65 bits per heavy atom. The van der Waals surface area contributed by atoms with Crippen molar-refractivity contribution in [2.45, 2.75) is 30.1 Å². The first-order chi connectivity index (χ1) is 15.1. The molecule has 1 fully saturated rings. The summed E-state index contributed by atoms with van der Waals surface area (Å²) in [6.07, 6.45) is 1.26. The van der Waals surface area contributed by atoms with E-state index in [1.54, 1.807) is 42.5 Å². The van der Waals surface area contributed by atoms with Crippen molar-refractivity contribution in [3.8, 4) is 17.1 Å². The number of ether oxygens (including phenoxy) is 2. The third-order valence-corrected chi connectivity index (χ3v) is 5.90. The van der Waals surface area contributed by atoms with E-state index >= 15 is 0 Å². The number of hydrogen-bond donors (Lipinski definition) is 1. The van der Waals surface area contributed by atoms with E-state index in [1.165, 1.54) is 24.9 Å². The van der Waals surface area contributed by atoms with Gasteiger partial charge < -0.3 is 14.6 Å². The molecule has 1 atom stereocenters. The van der Waals surface area contributed by atoms with Gasteiger partial charge in [-0.15, -0.1) is 10.2 Å². The highest BCUT2D eigenvalue weighted by atomic mass is 32.2. The van der Waals surface area contributed by atoms with Gasteiger partial charge in [0.15, 0.2) is 11.0 Å². The molecule has 1 aliphatic rings. The van der Waals surface area contributed by atoms with Gasteiger partial charge in [0.05, 0.1) is 24.3 Å². The van der Waals surface area contributed by atoms with E-state index in [0.29, 0.717) is 33.6 Å².